The molecule has 0 saturated carbocycles. The van der Waals surface area contributed by atoms with E-state index in [0.29, 0.717) is 11.1 Å². The zero-order chi connectivity index (χ0) is 18.1. The molecule has 0 bridgehead atoms. The Morgan fingerprint density at radius 2 is 1.50 bits per heavy atom. The fourth-order valence-corrected chi connectivity index (χ4v) is 1.91. The number of aromatic nitrogens is 1. The van der Waals surface area contributed by atoms with Crippen LogP contribution in [0.3, 0.4) is 0 Å². The van der Waals surface area contributed by atoms with Gasteiger partial charge in [0.25, 0.3) is 0 Å². The molecule has 0 aliphatic heterocycles. The van der Waals surface area contributed by atoms with E-state index in [1.165, 1.54) is 0 Å². The smallest absolute Gasteiger partial charge is 0.338 e. The first-order valence-electron chi connectivity index (χ1n) is 7.80. The molecule has 0 aliphatic rings. The van der Waals surface area contributed by atoms with E-state index in [9.17, 15) is 9.59 Å². The molecule has 2 rings (SSSR count). The molecule has 1 aromatic heterocycles. The van der Waals surface area contributed by atoms with Crippen molar-refractivity contribution in [3.63, 3.8) is 0 Å². The van der Waals surface area contributed by atoms with Gasteiger partial charge < -0.3 is 21.9 Å². The monoisotopic (exact) mass is 373 g/mol. The summed E-state index contributed by atoms with van der Waals surface area (Å²) < 4.78 is 9.92. The van der Waals surface area contributed by atoms with Crippen LogP contribution in [0.4, 0.5) is 0 Å². The number of halogens is 1. The minimum Gasteiger partial charge on any atom is -1.00 e. The average Bonchev–Trinajstić information content (AvgIpc) is 2.64. The van der Waals surface area contributed by atoms with Crippen molar-refractivity contribution >= 4 is 24.1 Å². The van der Waals surface area contributed by atoms with Crippen molar-refractivity contribution in [3.8, 4) is 0 Å². The number of carbonyl (C=O) groups excluding carboxylic acids is 2. The SMILES string of the molecule is C=C(C)C(=O)OCCOC(=O)c1ccc(C=Cc2cc[nH+]cc2)cc1.[Cl-]. The van der Waals surface area contributed by atoms with E-state index < -0.39 is 11.9 Å². The largest absolute Gasteiger partial charge is 1.00 e. The Labute approximate surface area is 158 Å². The molecule has 136 valence electrons. The van der Waals surface area contributed by atoms with Crippen molar-refractivity contribution in [3.05, 3.63) is 77.6 Å². The zero-order valence-corrected chi connectivity index (χ0v) is 15.2. The lowest BCUT2D eigenvalue weighted by Crippen LogP contribution is -3.00. The van der Waals surface area contributed by atoms with Crippen LogP contribution in [0.25, 0.3) is 12.2 Å². The number of aromatic amines is 1. The predicted molar refractivity (Wildman–Crippen MR) is 94.4 cm³/mol. The number of ether oxygens (including phenoxy) is 2. The Kier molecular flexibility index (Phi) is 8.81. The maximum absolute atomic E-state index is 11.9. The number of H-pyrrole nitrogens is 1. The Hall–Kier alpha value is -2.92. The molecule has 0 unspecified atom stereocenters. The van der Waals surface area contributed by atoms with Gasteiger partial charge in [-0.2, -0.15) is 0 Å². The van der Waals surface area contributed by atoms with Crippen LogP contribution in [-0.2, 0) is 14.3 Å². The third-order valence-corrected chi connectivity index (χ3v) is 3.26. The zero-order valence-electron chi connectivity index (χ0n) is 14.4. The quantitative estimate of drug-likeness (QED) is 0.388. The maximum Gasteiger partial charge on any atom is 0.338 e. The first kappa shape index (κ1) is 21.1. The van der Waals surface area contributed by atoms with E-state index in [0.717, 1.165) is 11.1 Å². The molecule has 0 spiro atoms. The number of esters is 2. The third kappa shape index (κ3) is 6.91. The minimum absolute atomic E-state index is 0. The minimum atomic E-state index is -0.497. The number of hydrogen-bond donors (Lipinski definition) is 0. The standard InChI is InChI=1S/C20H19NO4.ClH/c1-15(2)19(22)24-13-14-25-20(23)18-7-5-16(6-8-18)3-4-17-9-11-21-12-10-17;/h3-12H,1,13-14H2,2H3;1H. The number of rotatable bonds is 7. The van der Waals surface area contributed by atoms with Gasteiger partial charge in [-0.05, 0) is 30.2 Å². The summed E-state index contributed by atoms with van der Waals surface area (Å²) in [6.45, 7) is 5.04. The van der Waals surface area contributed by atoms with Crippen LogP contribution in [0.15, 0.2) is 60.9 Å². The molecule has 1 N–H and O–H groups in total. The molecule has 1 aromatic carbocycles. The first-order chi connectivity index (χ1) is 12.1. The number of pyridine rings is 1. The third-order valence-electron chi connectivity index (χ3n) is 3.26. The number of hydrogen-bond acceptors (Lipinski definition) is 4. The van der Waals surface area contributed by atoms with Gasteiger partial charge in [0.15, 0.2) is 12.4 Å². The Balaban J connectivity index is 0.00000338. The highest BCUT2D eigenvalue weighted by Gasteiger charge is 2.08. The summed E-state index contributed by atoms with van der Waals surface area (Å²) in [7, 11) is 0. The summed E-state index contributed by atoms with van der Waals surface area (Å²) in [5.41, 5.74) is 2.80. The van der Waals surface area contributed by atoms with Gasteiger partial charge in [-0.25, -0.2) is 14.6 Å². The molecular formula is C20H20ClNO4. The van der Waals surface area contributed by atoms with Crippen LogP contribution in [0.1, 0.15) is 28.4 Å². The molecule has 0 radical (unpaired) electrons. The van der Waals surface area contributed by atoms with E-state index in [4.69, 9.17) is 9.47 Å². The normalized spacial score (nSPS) is 10.0. The topological polar surface area (TPSA) is 66.7 Å². The van der Waals surface area contributed by atoms with Gasteiger partial charge in [0, 0.05) is 17.7 Å². The van der Waals surface area contributed by atoms with Gasteiger partial charge in [0.1, 0.15) is 13.2 Å². The van der Waals surface area contributed by atoms with Gasteiger partial charge in [0.05, 0.1) is 5.56 Å². The summed E-state index contributed by atoms with van der Waals surface area (Å²) in [6.07, 6.45) is 7.65. The van der Waals surface area contributed by atoms with Crippen molar-refractivity contribution in [2.45, 2.75) is 6.92 Å². The molecule has 6 heteroatoms. The van der Waals surface area contributed by atoms with Crippen molar-refractivity contribution in [1.29, 1.82) is 0 Å². The Morgan fingerprint density at radius 3 is 2.08 bits per heavy atom. The highest BCUT2D eigenvalue weighted by atomic mass is 35.5. The summed E-state index contributed by atoms with van der Waals surface area (Å²) in [6, 6.07) is 11.0. The van der Waals surface area contributed by atoms with E-state index in [2.05, 4.69) is 11.6 Å². The average molecular weight is 374 g/mol. The molecule has 0 aliphatic carbocycles. The van der Waals surface area contributed by atoms with Gasteiger partial charge >= 0.3 is 11.9 Å². The summed E-state index contributed by atoms with van der Waals surface area (Å²) in [4.78, 5) is 26.1. The fraction of sp³-hybridized carbons (Fsp3) is 0.150. The summed E-state index contributed by atoms with van der Waals surface area (Å²) in [5, 5.41) is 0. The van der Waals surface area contributed by atoms with Crippen molar-refractivity contribution in [1.82, 2.24) is 0 Å². The highest BCUT2D eigenvalue weighted by molar-refractivity contribution is 5.90. The number of nitrogens with one attached hydrogen (secondary N) is 1. The van der Waals surface area contributed by atoms with E-state index in [1.54, 1.807) is 19.1 Å². The number of benzene rings is 1. The first-order valence-corrected chi connectivity index (χ1v) is 7.80. The highest BCUT2D eigenvalue weighted by Crippen LogP contribution is 2.10. The second kappa shape index (κ2) is 10.8. The molecule has 26 heavy (non-hydrogen) atoms. The summed E-state index contributed by atoms with van der Waals surface area (Å²) in [5.74, 6) is -0.955. The van der Waals surface area contributed by atoms with Crippen LogP contribution >= 0.6 is 0 Å². The van der Waals surface area contributed by atoms with Crippen molar-refractivity contribution in [2.24, 2.45) is 0 Å². The van der Waals surface area contributed by atoms with E-state index in [-0.39, 0.29) is 25.6 Å². The van der Waals surface area contributed by atoms with Crippen LogP contribution in [0.5, 0.6) is 0 Å². The van der Waals surface area contributed by atoms with Crippen LogP contribution in [0.2, 0.25) is 0 Å². The second-order valence-electron chi connectivity index (χ2n) is 5.34. The lowest BCUT2D eigenvalue weighted by molar-refractivity contribution is -0.378. The van der Waals surface area contributed by atoms with Crippen LogP contribution in [0, 0.1) is 0 Å². The van der Waals surface area contributed by atoms with Crippen molar-refractivity contribution < 1.29 is 36.5 Å². The van der Waals surface area contributed by atoms with Crippen LogP contribution < -0.4 is 17.4 Å². The van der Waals surface area contributed by atoms with Crippen LogP contribution in [-0.4, -0.2) is 25.2 Å². The molecule has 0 saturated heterocycles. The Bertz CT molecular complexity index is 770. The maximum atomic E-state index is 11.9. The molecular weight excluding hydrogens is 354 g/mol. The van der Waals surface area contributed by atoms with Gasteiger partial charge in [-0.15, -0.1) is 0 Å². The van der Waals surface area contributed by atoms with Gasteiger partial charge in [0.2, 0.25) is 0 Å². The van der Waals surface area contributed by atoms with E-state index in [1.807, 2.05) is 48.8 Å². The second-order valence-corrected chi connectivity index (χ2v) is 5.34. The lowest BCUT2D eigenvalue weighted by atomic mass is 10.1. The fourth-order valence-electron chi connectivity index (χ4n) is 1.91. The van der Waals surface area contributed by atoms with Crippen molar-refractivity contribution in [2.75, 3.05) is 13.2 Å². The molecule has 0 atom stereocenters. The van der Waals surface area contributed by atoms with E-state index >= 15 is 0 Å². The number of carbonyl (C=O) groups is 2. The molecule has 1 heterocycles. The Morgan fingerprint density at radius 1 is 0.962 bits per heavy atom. The molecule has 0 amide bonds. The van der Waals surface area contributed by atoms with Gasteiger partial charge in [-0.1, -0.05) is 30.9 Å². The molecule has 2 aromatic rings. The summed E-state index contributed by atoms with van der Waals surface area (Å²) >= 11 is 0. The molecule has 5 nitrogen and oxygen atoms in total. The lowest BCUT2D eigenvalue weighted by Gasteiger charge is -2.06. The molecule has 0 fully saturated rings. The predicted octanol–water partition coefficient (Wildman–Crippen LogP) is -0.0488. The van der Waals surface area contributed by atoms with Gasteiger partial charge in [-0.3, -0.25) is 0 Å².